The second kappa shape index (κ2) is 6.28. The van der Waals surface area contributed by atoms with Gasteiger partial charge in [0.1, 0.15) is 0 Å². The highest BCUT2D eigenvalue weighted by molar-refractivity contribution is 14.1. The molecule has 4 nitrogen and oxygen atoms in total. The van der Waals surface area contributed by atoms with E-state index < -0.39 is 0 Å². The maximum Gasteiger partial charge on any atom is 0.252 e. The molecule has 2 N–H and O–H groups in total. The highest BCUT2D eigenvalue weighted by Gasteiger charge is 2.22. The molecule has 1 atom stereocenters. The summed E-state index contributed by atoms with van der Waals surface area (Å²) in [6.07, 6.45) is 1.07. The first-order valence-corrected chi connectivity index (χ1v) is 7.53. The quantitative estimate of drug-likeness (QED) is 0.579. The van der Waals surface area contributed by atoms with Crippen molar-refractivity contribution in [3.63, 3.8) is 0 Å². The minimum atomic E-state index is -0.227. The number of piperidine rings is 1. The zero-order chi connectivity index (χ0) is 14.0. The Balaban J connectivity index is 2.10. The lowest BCUT2D eigenvalue weighted by molar-refractivity contribution is -0.122. The maximum atomic E-state index is 12.2. The average Bonchev–Trinajstić information content (AvgIpc) is 2.36. The summed E-state index contributed by atoms with van der Waals surface area (Å²) in [5, 5.41) is 6.47. The summed E-state index contributed by atoms with van der Waals surface area (Å²) in [6, 6.07) is 3.13. The van der Waals surface area contributed by atoms with Crippen LogP contribution in [0.2, 0.25) is 10.0 Å². The molecule has 102 valence electrons. The Hall–Kier alpha value is -0.530. The Labute approximate surface area is 134 Å². The van der Waals surface area contributed by atoms with Gasteiger partial charge >= 0.3 is 0 Å². The van der Waals surface area contributed by atoms with Crippen LogP contribution in [0.25, 0.3) is 0 Å². The van der Waals surface area contributed by atoms with Crippen LogP contribution in [0.3, 0.4) is 0 Å². The number of nitrogens with one attached hydrogen (secondary N) is 2. The average molecular weight is 413 g/mol. The molecule has 19 heavy (non-hydrogen) atoms. The number of hydrogen-bond acceptors (Lipinski definition) is 2. The second-order valence-corrected chi connectivity index (χ2v) is 6.18. The van der Waals surface area contributed by atoms with E-state index in [9.17, 15) is 9.59 Å². The van der Waals surface area contributed by atoms with Crippen molar-refractivity contribution < 1.29 is 9.59 Å². The van der Waals surface area contributed by atoms with E-state index in [1.165, 1.54) is 0 Å². The molecule has 0 aromatic heterocycles. The van der Waals surface area contributed by atoms with Crippen molar-refractivity contribution in [2.45, 2.75) is 18.9 Å². The van der Waals surface area contributed by atoms with E-state index in [4.69, 9.17) is 23.2 Å². The third-order valence-electron chi connectivity index (χ3n) is 2.84. The molecule has 1 fully saturated rings. The van der Waals surface area contributed by atoms with E-state index in [1.807, 2.05) is 22.6 Å². The molecule has 2 amide bonds. The number of carbonyl (C=O) groups excluding carboxylic acids is 2. The highest BCUT2D eigenvalue weighted by Crippen LogP contribution is 2.26. The summed E-state index contributed by atoms with van der Waals surface area (Å²) in [7, 11) is 0. The molecule has 7 heteroatoms. The van der Waals surface area contributed by atoms with Gasteiger partial charge in [0.05, 0.1) is 10.6 Å². The third-order valence-corrected chi connectivity index (χ3v) is 4.84. The number of amides is 2. The first-order valence-electron chi connectivity index (χ1n) is 5.69. The third kappa shape index (κ3) is 3.73. The topological polar surface area (TPSA) is 58.2 Å². The van der Waals surface area contributed by atoms with Gasteiger partial charge in [0, 0.05) is 27.6 Å². The minimum Gasteiger partial charge on any atom is -0.354 e. The Bertz CT molecular complexity index is 527. The number of carbonyl (C=O) groups is 2. The number of benzene rings is 1. The molecule has 1 heterocycles. The Morgan fingerprint density at radius 1 is 1.42 bits per heavy atom. The standard InChI is InChI=1S/C12H11Cl2IN2O2/c13-6-3-8(11(15)9(14)4-6)12(19)17-7-1-2-10(18)16-5-7/h3-4,7H,1-2,5H2,(H,16,18)(H,17,19). The van der Waals surface area contributed by atoms with Crippen LogP contribution >= 0.6 is 45.8 Å². The van der Waals surface area contributed by atoms with Crippen LogP contribution in [0.5, 0.6) is 0 Å². The van der Waals surface area contributed by atoms with Gasteiger partial charge in [-0.1, -0.05) is 23.2 Å². The van der Waals surface area contributed by atoms with Crippen molar-refractivity contribution in [3.05, 3.63) is 31.3 Å². The van der Waals surface area contributed by atoms with Crippen LogP contribution in [-0.4, -0.2) is 24.4 Å². The smallest absolute Gasteiger partial charge is 0.252 e. The molecule has 1 aromatic rings. The Morgan fingerprint density at radius 3 is 2.79 bits per heavy atom. The van der Waals surface area contributed by atoms with Crippen LogP contribution in [0.4, 0.5) is 0 Å². The van der Waals surface area contributed by atoms with E-state index in [0.717, 1.165) is 0 Å². The zero-order valence-electron chi connectivity index (χ0n) is 9.80. The summed E-state index contributed by atoms with van der Waals surface area (Å²) in [5.41, 5.74) is 0.454. The molecule has 1 saturated heterocycles. The first-order chi connectivity index (χ1) is 8.97. The molecule has 1 aliphatic rings. The van der Waals surface area contributed by atoms with Crippen LogP contribution in [-0.2, 0) is 4.79 Å². The minimum absolute atomic E-state index is 0.0193. The predicted octanol–water partition coefficient (Wildman–Crippen LogP) is 2.61. The van der Waals surface area contributed by atoms with E-state index in [-0.39, 0.29) is 17.9 Å². The summed E-state index contributed by atoms with van der Waals surface area (Å²) >= 11 is 13.9. The van der Waals surface area contributed by atoms with E-state index in [1.54, 1.807) is 12.1 Å². The molecular weight excluding hydrogens is 402 g/mol. The number of rotatable bonds is 2. The SMILES string of the molecule is O=C1CCC(NC(=O)c2cc(Cl)cc(Cl)c2I)CN1. The van der Waals surface area contributed by atoms with Gasteiger partial charge in [-0.3, -0.25) is 9.59 Å². The Kier molecular flexibility index (Phi) is 4.92. The van der Waals surface area contributed by atoms with Crippen LogP contribution in [0, 0.1) is 3.57 Å². The van der Waals surface area contributed by atoms with E-state index in [0.29, 0.717) is 38.6 Å². The fraction of sp³-hybridized carbons (Fsp3) is 0.333. The number of halogens is 3. The second-order valence-electron chi connectivity index (χ2n) is 4.26. The van der Waals surface area contributed by atoms with Crippen molar-refractivity contribution in [2.75, 3.05) is 6.54 Å². The lowest BCUT2D eigenvalue weighted by Gasteiger charge is -2.23. The van der Waals surface area contributed by atoms with Gasteiger partial charge in [0.25, 0.3) is 5.91 Å². The molecule has 0 spiro atoms. The van der Waals surface area contributed by atoms with Gasteiger partial charge < -0.3 is 10.6 Å². The molecular formula is C12H11Cl2IN2O2. The van der Waals surface area contributed by atoms with Gasteiger partial charge in [0.15, 0.2) is 0 Å². The van der Waals surface area contributed by atoms with Gasteiger partial charge in [-0.05, 0) is 41.1 Å². The lowest BCUT2D eigenvalue weighted by atomic mass is 10.1. The normalized spacial score (nSPS) is 18.9. The van der Waals surface area contributed by atoms with E-state index >= 15 is 0 Å². The van der Waals surface area contributed by atoms with Crippen LogP contribution in [0.15, 0.2) is 12.1 Å². The summed E-state index contributed by atoms with van der Waals surface area (Å²) in [5.74, 6) is -0.208. The molecule has 0 saturated carbocycles. The van der Waals surface area contributed by atoms with Crippen molar-refractivity contribution >= 4 is 57.6 Å². The van der Waals surface area contributed by atoms with Gasteiger partial charge in [0.2, 0.25) is 5.91 Å². The molecule has 0 radical (unpaired) electrons. The first kappa shape index (κ1) is 14.9. The predicted molar refractivity (Wildman–Crippen MR) is 82.7 cm³/mol. The zero-order valence-corrected chi connectivity index (χ0v) is 13.5. The monoisotopic (exact) mass is 412 g/mol. The Morgan fingerprint density at radius 2 is 2.16 bits per heavy atom. The molecule has 0 bridgehead atoms. The van der Waals surface area contributed by atoms with Crippen molar-refractivity contribution in [2.24, 2.45) is 0 Å². The van der Waals surface area contributed by atoms with Gasteiger partial charge in [-0.15, -0.1) is 0 Å². The number of hydrogen-bond donors (Lipinski definition) is 2. The van der Waals surface area contributed by atoms with Gasteiger partial charge in [-0.2, -0.15) is 0 Å². The van der Waals surface area contributed by atoms with Crippen LogP contribution < -0.4 is 10.6 Å². The molecule has 0 aliphatic carbocycles. The highest BCUT2D eigenvalue weighted by atomic mass is 127. The fourth-order valence-corrected chi connectivity index (χ4v) is 2.89. The molecule has 1 aliphatic heterocycles. The molecule has 1 aromatic carbocycles. The molecule has 2 rings (SSSR count). The fourth-order valence-electron chi connectivity index (χ4n) is 1.84. The summed E-state index contributed by atoms with van der Waals surface area (Å²) in [4.78, 5) is 23.2. The maximum absolute atomic E-state index is 12.2. The van der Waals surface area contributed by atoms with Crippen molar-refractivity contribution in [1.82, 2.24) is 10.6 Å². The largest absolute Gasteiger partial charge is 0.354 e. The lowest BCUT2D eigenvalue weighted by Crippen LogP contribution is -2.47. The molecule has 1 unspecified atom stereocenters. The van der Waals surface area contributed by atoms with Crippen molar-refractivity contribution in [3.8, 4) is 0 Å². The van der Waals surface area contributed by atoms with Crippen molar-refractivity contribution in [1.29, 1.82) is 0 Å². The van der Waals surface area contributed by atoms with E-state index in [2.05, 4.69) is 10.6 Å². The summed E-state index contributed by atoms with van der Waals surface area (Å²) in [6.45, 7) is 0.454. The van der Waals surface area contributed by atoms with Crippen LogP contribution in [0.1, 0.15) is 23.2 Å². The summed E-state index contributed by atoms with van der Waals surface area (Å²) < 4.78 is 0.668. The van der Waals surface area contributed by atoms with Gasteiger partial charge in [-0.25, -0.2) is 0 Å².